The molecule has 0 bridgehead atoms. The van der Waals surface area contributed by atoms with Crippen molar-refractivity contribution in [2.24, 2.45) is 0 Å². The zero-order valence-corrected chi connectivity index (χ0v) is 13.4. The maximum atomic E-state index is 13.7. The molecule has 1 aromatic carbocycles. The van der Waals surface area contributed by atoms with Crippen molar-refractivity contribution < 1.29 is 8.78 Å². The van der Waals surface area contributed by atoms with Gasteiger partial charge in [0.05, 0.1) is 10.7 Å². The molecule has 0 radical (unpaired) electrons. The van der Waals surface area contributed by atoms with E-state index in [4.69, 9.17) is 0 Å². The maximum Gasteiger partial charge on any atom is 0.129 e. The number of aromatic nitrogens is 1. The van der Waals surface area contributed by atoms with Crippen molar-refractivity contribution in [3.63, 3.8) is 0 Å². The maximum absolute atomic E-state index is 13.7. The van der Waals surface area contributed by atoms with Crippen LogP contribution in [0.5, 0.6) is 0 Å². The number of rotatable bonds is 6. The molecule has 2 nitrogen and oxygen atoms in total. The lowest BCUT2D eigenvalue weighted by molar-refractivity contribution is 0.574. The third kappa shape index (κ3) is 4.32. The van der Waals surface area contributed by atoms with E-state index in [1.54, 1.807) is 11.3 Å². The zero-order valence-electron chi connectivity index (χ0n) is 12.5. The molecule has 5 heteroatoms. The van der Waals surface area contributed by atoms with Crippen LogP contribution in [0.1, 0.15) is 41.9 Å². The molecule has 0 saturated carbocycles. The summed E-state index contributed by atoms with van der Waals surface area (Å²) in [5.41, 5.74) is 1.54. The molecule has 0 amide bonds. The largest absolute Gasteiger partial charge is 0.310 e. The Kier molecular flexibility index (Phi) is 5.42. The fourth-order valence-electron chi connectivity index (χ4n) is 2.05. The second-order valence-electron chi connectivity index (χ2n) is 5.28. The van der Waals surface area contributed by atoms with E-state index in [9.17, 15) is 8.78 Å². The summed E-state index contributed by atoms with van der Waals surface area (Å²) in [6, 6.07) is 4.11. The van der Waals surface area contributed by atoms with Crippen molar-refractivity contribution >= 4 is 11.3 Å². The Morgan fingerprint density at radius 1 is 1.29 bits per heavy atom. The van der Waals surface area contributed by atoms with Gasteiger partial charge in [-0.15, -0.1) is 11.3 Å². The molecule has 0 saturated heterocycles. The fourth-order valence-corrected chi connectivity index (χ4v) is 3.18. The fraction of sp³-hybridized carbons (Fsp3) is 0.438. The smallest absolute Gasteiger partial charge is 0.129 e. The zero-order chi connectivity index (χ0) is 15.4. The van der Waals surface area contributed by atoms with Crippen molar-refractivity contribution in [3.05, 3.63) is 51.0 Å². The van der Waals surface area contributed by atoms with Crippen LogP contribution in [0.25, 0.3) is 0 Å². The Hall–Kier alpha value is -1.33. The summed E-state index contributed by atoms with van der Waals surface area (Å²) in [7, 11) is 0. The van der Waals surface area contributed by atoms with E-state index < -0.39 is 11.6 Å². The predicted molar refractivity (Wildman–Crippen MR) is 82.6 cm³/mol. The first-order chi connectivity index (χ1) is 9.99. The molecule has 0 aliphatic carbocycles. The van der Waals surface area contributed by atoms with Crippen LogP contribution in [0.3, 0.4) is 0 Å². The Balaban J connectivity index is 2.16. The van der Waals surface area contributed by atoms with Crippen molar-refractivity contribution in [2.75, 3.05) is 0 Å². The molecule has 21 heavy (non-hydrogen) atoms. The third-order valence-corrected chi connectivity index (χ3v) is 4.28. The molecule has 0 unspecified atom stereocenters. The van der Waals surface area contributed by atoms with Crippen LogP contribution in [0, 0.1) is 11.6 Å². The van der Waals surface area contributed by atoms with Gasteiger partial charge >= 0.3 is 0 Å². The average molecular weight is 310 g/mol. The van der Waals surface area contributed by atoms with Gasteiger partial charge in [0, 0.05) is 30.0 Å². The van der Waals surface area contributed by atoms with Gasteiger partial charge in [0.2, 0.25) is 0 Å². The number of hydrogen-bond donors (Lipinski definition) is 1. The quantitative estimate of drug-likeness (QED) is 0.870. The van der Waals surface area contributed by atoms with Crippen molar-refractivity contribution in [1.82, 2.24) is 10.3 Å². The first kappa shape index (κ1) is 16.0. The normalized spacial score (nSPS) is 11.3. The summed E-state index contributed by atoms with van der Waals surface area (Å²) >= 11 is 1.60. The van der Waals surface area contributed by atoms with Gasteiger partial charge < -0.3 is 5.32 Å². The minimum Gasteiger partial charge on any atom is -0.310 e. The van der Waals surface area contributed by atoms with E-state index in [1.165, 1.54) is 17.0 Å². The summed E-state index contributed by atoms with van der Waals surface area (Å²) in [4.78, 5) is 5.78. The number of benzene rings is 1. The van der Waals surface area contributed by atoms with Crippen molar-refractivity contribution in [3.8, 4) is 0 Å². The van der Waals surface area contributed by atoms with Crippen LogP contribution in [-0.2, 0) is 19.4 Å². The molecule has 0 atom stereocenters. The minimum absolute atomic E-state index is 0.408. The van der Waals surface area contributed by atoms with Crippen LogP contribution >= 0.6 is 11.3 Å². The molecular weight excluding hydrogens is 290 g/mol. The SMILES string of the molecule is CCc1nc(Cc2ccc(F)cc2F)sc1CNC(C)C. The molecule has 2 rings (SSSR count). The molecule has 0 fully saturated rings. The average Bonchev–Trinajstić information content (AvgIpc) is 2.82. The molecule has 114 valence electrons. The molecule has 1 N–H and O–H groups in total. The van der Waals surface area contributed by atoms with E-state index in [0.29, 0.717) is 18.0 Å². The number of nitrogens with one attached hydrogen (secondary N) is 1. The number of hydrogen-bond acceptors (Lipinski definition) is 3. The highest BCUT2D eigenvalue weighted by Crippen LogP contribution is 2.23. The second-order valence-corrected chi connectivity index (χ2v) is 6.45. The Bertz CT molecular complexity index is 608. The summed E-state index contributed by atoms with van der Waals surface area (Å²) in [5.74, 6) is -1.06. The lowest BCUT2D eigenvalue weighted by Gasteiger charge is -2.06. The highest BCUT2D eigenvalue weighted by molar-refractivity contribution is 7.11. The molecule has 0 aliphatic heterocycles. The van der Waals surface area contributed by atoms with E-state index in [2.05, 4.69) is 31.1 Å². The molecule has 0 spiro atoms. The minimum atomic E-state index is -0.550. The predicted octanol–water partition coefficient (Wildman–Crippen LogP) is 4.07. The van der Waals surface area contributed by atoms with Gasteiger partial charge in [-0.1, -0.05) is 26.8 Å². The number of nitrogens with zero attached hydrogens (tertiary/aromatic N) is 1. The van der Waals surface area contributed by atoms with Crippen LogP contribution < -0.4 is 5.32 Å². The highest BCUT2D eigenvalue weighted by atomic mass is 32.1. The second kappa shape index (κ2) is 7.09. The summed E-state index contributed by atoms with van der Waals surface area (Å²) in [6.07, 6.45) is 1.27. The molecule has 1 aromatic heterocycles. The van der Waals surface area contributed by atoms with Gasteiger partial charge in [-0.2, -0.15) is 0 Å². The van der Waals surface area contributed by atoms with Crippen LogP contribution in [-0.4, -0.2) is 11.0 Å². The van der Waals surface area contributed by atoms with E-state index >= 15 is 0 Å². The molecular formula is C16H20F2N2S. The first-order valence-electron chi connectivity index (χ1n) is 7.14. The van der Waals surface area contributed by atoms with Crippen LogP contribution in [0.2, 0.25) is 0 Å². The van der Waals surface area contributed by atoms with E-state index in [0.717, 1.165) is 29.7 Å². The van der Waals surface area contributed by atoms with Crippen LogP contribution in [0.15, 0.2) is 18.2 Å². The first-order valence-corrected chi connectivity index (χ1v) is 7.96. The van der Waals surface area contributed by atoms with Gasteiger partial charge in [0.25, 0.3) is 0 Å². The molecule has 1 heterocycles. The van der Waals surface area contributed by atoms with Crippen LogP contribution in [0.4, 0.5) is 8.78 Å². The van der Waals surface area contributed by atoms with E-state index in [-0.39, 0.29) is 0 Å². The summed E-state index contributed by atoms with van der Waals surface area (Å²) in [5, 5.41) is 4.25. The lowest BCUT2D eigenvalue weighted by Crippen LogP contribution is -2.21. The van der Waals surface area contributed by atoms with Crippen molar-refractivity contribution in [2.45, 2.75) is 46.2 Å². The summed E-state index contributed by atoms with van der Waals surface area (Å²) in [6.45, 7) is 7.05. The van der Waals surface area contributed by atoms with Gasteiger partial charge in [-0.25, -0.2) is 13.8 Å². The van der Waals surface area contributed by atoms with Crippen molar-refractivity contribution in [1.29, 1.82) is 0 Å². The monoisotopic (exact) mass is 310 g/mol. The Morgan fingerprint density at radius 2 is 2.05 bits per heavy atom. The number of thiazole rings is 1. The van der Waals surface area contributed by atoms with Gasteiger partial charge in [0.1, 0.15) is 11.6 Å². The number of aryl methyl sites for hydroxylation is 1. The van der Waals surface area contributed by atoms with Gasteiger partial charge in [-0.05, 0) is 18.1 Å². The molecule has 2 aromatic rings. The van der Waals surface area contributed by atoms with Gasteiger partial charge in [-0.3, -0.25) is 0 Å². The van der Waals surface area contributed by atoms with Gasteiger partial charge in [0.15, 0.2) is 0 Å². The standard InChI is InChI=1S/C16H20F2N2S/c1-4-14-15(9-19-10(2)3)21-16(20-14)7-11-5-6-12(17)8-13(11)18/h5-6,8,10,19H,4,7,9H2,1-3H3. The summed E-state index contributed by atoms with van der Waals surface area (Å²) < 4.78 is 26.6. The number of halogens is 2. The van der Waals surface area contributed by atoms with E-state index in [1.807, 2.05) is 0 Å². The Morgan fingerprint density at radius 3 is 2.67 bits per heavy atom. The third-order valence-electron chi connectivity index (χ3n) is 3.19. The topological polar surface area (TPSA) is 24.9 Å². The molecule has 0 aliphatic rings. The lowest BCUT2D eigenvalue weighted by atomic mass is 10.1. The highest BCUT2D eigenvalue weighted by Gasteiger charge is 2.12. The Labute approximate surface area is 128 Å².